The van der Waals surface area contributed by atoms with Gasteiger partial charge in [0, 0.05) is 16.2 Å². The van der Waals surface area contributed by atoms with Crippen LogP contribution in [0.3, 0.4) is 0 Å². The van der Waals surface area contributed by atoms with Gasteiger partial charge in [-0.3, -0.25) is 4.98 Å². The fourth-order valence-corrected chi connectivity index (χ4v) is 3.22. The minimum absolute atomic E-state index is 0.372. The van der Waals surface area contributed by atoms with E-state index in [2.05, 4.69) is 16.4 Å². The summed E-state index contributed by atoms with van der Waals surface area (Å²) in [5.41, 5.74) is 3.70. The minimum atomic E-state index is 0.372. The first kappa shape index (κ1) is 13.9. The molecule has 0 saturated carbocycles. The van der Waals surface area contributed by atoms with Gasteiger partial charge >= 0.3 is 0 Å². The maximum absolute atomic E-state index is 6.18. The molecule has 2 aromatic rings. The summed E-state index contributed by atoms with van der Waals surface area (Å²) >= 11 is 12.1. The summed E-state index contributed by atoms with van der Waals surface area (Å²) in [6.45, 7) is 0.891. The molecule has 20 heavy (non-hydrogen) atoms. The Balaban J connectivity index is 1.59. The molecule has 0 aliphatic heterocycles. The van der Waals surface area contributed by atoms with Crippen LogP contribution in [-0.4, -0.2) is 11.5 Å². The van der Waals surface area contributed by atoms with E-state index in [1.54, 1.807) is 6.07 Å². The van der Waals surface area contributed by atoms with E-state index in [-0.39, 0.29) is 0 Å². The zero-order valence-corrected chi connectivity index (χ0v) is 12.6. The predicted molar refractivity (Wildman–Crippen MR) is 83.5 cm³/mol. The average Bonchev–Trinajstić information content (AvgIpc) is 2.85. The SMILES string of the molecule is Clc1ccc(CCNC2CCc3cccnc32)c(Cl)c1. The highest BCUT2D eigenvalue weighted by molar-refractivity contribution is 6.35. The molecule has 1 unspecified atom stereocenters. The molecular weight excluding hydrogens is 291 g/mol. The molecule has 0 radical (unpaired) electrons. The smallest absolute Gasteiger partial charge is 0.0605 e. The van der Waals surface area contributed by atoms with E-state index in [0.29, 0.717) is 11.1 Å². The summed E-state index contributed by atoms with van der Waals surface area (Å²) in [6, 6.07) is 10.2. The van der Waals surface area contributed by atoms with Crippen molar-refractivity contribution in [2.75, 3.05) is 6.54 Å². The zero-order valence-electron chi connectivity index (χ0n) is 11.1. The number of halogens is 2. The Bertz CT molecular complexity index is 613. The minimum Gasteiger partial charge on any atom is -0.308 e. The molecule has 1 aromatic heterocycles. The van der Waals surface area contributed by atoms with Crippen LogP contribution in [0.4, 0.5) is 0 Å². The number of nitrogens with zero attached hydrogens (tertiary/aromatic N) is 1. The number of rotatable bonds is 4. The van der Waals surface area contributed by atoms with E-state index in [1.807, 2.05) is 24.4 Å². The Morgan fingerprint density at radius 3 is 3.00 bits per heavy atom. The van der Waals surface area contributed by atoms with Crippen LogP contribution in [0.15, 0.2) is 36.5 Å². The normalized spacial score (nSPS) is 17.2. The summed E-state index contributed by atoms with van der Waals surface area (Å²) in [7, 11) is 0. The lowest BCUT2D eigenvalue weighted by atomic mass is 10.1. The average molecular weight is 307 g/mol. The number of aryl methyl sites for hydroxylation is 1. The molecule has 2 nitrogen and oxygen atoms in total. The van der Waals surface area contributed by atoms with E-state index in [9.17, 15) is 0 Å². The monoisotopic (exact) mass is 306 g/mol. The predicted octanol–water partition coefficient (Wildman–Crippen LogP) is 4.21. The van der Waals surface area contributed by atoms with Gasteiger partial charge < -0.3 is 5.32 Å². The molecule has 0 fully saturated rings. The standard InChI is InChI=1S/C16H16Cl2N2/c17-13-5-3-11(14(18)10-13)7-9-19-15-6-4-12-2-1-8-20-16(12)15/h1-3,5,8,10,15,19H,4,6-7,9H2. The van der Waals surface area contributed by atoms with Gasteiger partial charge in [0.15, 0.2) is 0 Å². The maximum Gasteiger partial charge on any atom is 0.0605 e. The van der Waals surface area contributed by atoms with Gasteiger partial charge in [-0.25, -0.2) is 0 Å². The second kappa shape index (κ2) is 6.13. The third-order valence-corrected chi connectivity index (χ3v) is 4.35. The molecule has 0 amide bonds. The molecule has 3 rings (SSSR count). The Hall–Kier alpha value is -1.09. The van der Waals surface area contributed by atoms with Gasteiger partial charge in [0.05, 0.1) is 11.7 Å². The molecule has 1 aromatic carbocycles. The molecule has 1 aliphatic rings. The fourth-order valence-electron chi connectivity index (χ4n) is 2.72. The number of aromatic nitrogens is 1. The molecule has 4 heteroatoms. The van der Waals surface area contributed by atoms with Crippen LogP contribution in [0.25, 0.3) is 0 Å². The highest BCUT2D eigenvalue weighted by Gasteiger charge is 2.22. The fraction of sp³-hybridized carbons (Fsp3) is 0.312. The van der Waals surface area contributed by atoms with Crippen molar-refractivity contribution in [3.05, 3.63) is 63.4 Å². The summed E-state index contributed by atoms with van der Waals surface area (Å²) in [6.07, 6.45) is 5.01. The highest BCUT2D eigenvalue weighted by atomic mass is 35.5. The number of fused-ring (bicyclic) bond motifs is 1. The number of hydrogen-bond acceptors (Lipinski definition) is 2. The van der Waals surface area contributed by atoms with Crippen LogP contribution in [0.5, 0.6) is 0 Å². The molecule has 1 atom stereocenters. The van der Waals surface area contributed by atoms with Crippen molar-refractivity contribution in [1.29, 1.82) is 0 Å². The summed E-state index contributed by atoms with van der Waals surface area (Å²) in [5, 5.41) is 5.00. The van der Waals surface area contributed by atoms with Crippen molar-refractivity contribution in [3.8, 4) is 0 Å². The Labute approximate surface area is 129 Å². The Morgan fingerprint density at radius 1 is 1.25 bits per heavy atom. The molecule has 1 heterocycles. The van der Waals surface area contributed by atoms with Crippen LogP contribution in [-0.2, 0) is 12.8 Å². The number of hydrogen-bond donors (Lipinski definition) is 1. The first-order chi connectivity index (χ1) is 9.74. The third-order valence-electron chi connectivity index (χ3n) is 3.76. The van der Waals surface area contributed by atoms with Crippen molar-refractivity contribution in [2.45, 2.75) is 25.3 Å². The molecule has 0 spiro atoms. The van der Waals surface area contributed by atoms with E-state index < -0.39 is 0 Å². The second-order valence-corrected chi connectivity index (χ2v) is 5.92. The van der Waals surface area contributed by atoms with Gasteiger partial charge in [0.1, 0.15) is 0 Å². The largest absolute Gasteiger partial charge is 0.308 e. The van der Waals surface area contributed by atoms with E-state index in [1.165, 1.54) is 11.3 Å². The van der Waals surface area contributed by atoms with Crippen molar-refractivity contribution in [3.63, 3.8) is 0 Å². The lowest BCUT2D eigenvalue weighted by Crippen LogP contribution is -2.22. The second-order valence-electron chi connectivity index (χ2n) is 5.08. The van der Waals surface area contributed by atoms with Gasteiger partial charge in [-0.1, -0.05) is 35.3 Å². The van der Waals surface area contributed by atoms with E-state index in [0.717, 1.165) is 36.4 Å². The van der Waals surface area contributed by atoms with Crippen LogP contribution >= 0.6 is 23.2 Å². The van der Waals surface area contributed by atoms with Crippen LogP contribution in [0.1, 0.15) is 29.3 Å². The van der Waals surface area contributed by atoms with Crippen LogP contribution in [0, 0.1) is 0 Å². The van der Waals surface area contributed by atoms with Gasteiger partial charge in [-0.05, 0) is 55.1 Å². The van der Waals surface area contributed by atoms with Crippen LogP contribution in [0.2, 0.25) is 10.0 Å². The molecular formula is C16H16Cl2N2. The van der Waals surface area contributed by atoms with Gasteiger partial charge in [-0.2, -0.15) is 0 Å². The van der Waals surface area contributed by atoms with Gasteiger partial charge in [0.25, 0.3) is 0 Å². The van der Waals surface area contributed by atoms with Crippen molar-refractivity contribution >= 4 is 23.2 Å². The van der Waals surface area contributed by atoms with Crippen molar-refractivity contribution in [1.82, 2.24) is 10.3 Å². The summed E-state index contributed by atoms with van der Waals surface area (Å²) in [4.78, 5) is 4.49. The first-order valence-electron chi connectivity index (χ1n) is 6.85. The quantitative estimate of drug-likeness (QED) is 0.915. The number of benzene rings is 1. The third kappa shape index (κ3) is 2.98. The molecule has 1 aliphatic carbocycles. The topological polar surface area (TPSA) is 24.9 Å². The molecule has 0 bridgehead atoms. The molecule has 1 N–H and O–H groups in total. The lowest BCUT2D eigenvalue weighted by Gasteiger charge is -2.13. The molecule has 0 saturated heterocycles. The number of nitrogens with one attached hydrogen (secondary N) is 1. The van der Waals surface area contributed by atoms with E-state index >= 15 is 0 Å². The van der Waals surface area contributed by atoms with Crippen molar-refractivity contribution < 1.29 is 0 Å². The van der Waals surface area contributed by atoms with Gasteiger partial charge in [-0.15, -0.1) is 0 Å². The first-order valence-corrected chi connectivity index (χ1v) is 7.61. The summed E-state index contributed by atoms with van der Waals surface area (Å²) in [5.74, 6) is 0. The zero-order chi connectivity index (χ0) is 13.9. The van der Waals surface area contributed by atoms with E-state index in [4.69, 9.17) is 23.2 Å². The Kier molecular flexibility index (Phi) is 4.25. The highest BCUT2D eigenvalue weighted by Crippen LogP contribution is 2.29. The van der Waals surface area contributed by atoms with Crippen LogP contribution < -0.4 is 5.32 Å². The number of pyridine rings is 1. The molecule has 104 valence electrons. The van der Waals surface area contributed by atoms with Crippen molar-refractivity contribution in [2.24, 2.45) is 0 Å². The lowest BCUT2D eigenvalue weighted by molar-refractivity contribution is 0.525. The summed E-state index contributed by atoms with van der Waals surface area (Å²) < 4.78 is 0. The Morgan fingerprint density at radius 2 is 2.15 bits per heavy atom. The van der Waals surface area contributed by atoms with Gasteiger partial charge in [0.2, 0.25) is 0 Å². The maximum atomic E-state index is 6.18.